The standard InChI is InChI=1S/C9H19NO2.FH/c1-2-3-4-5-6-7-10-9(12)8-11;/h11H,2-8H2,1H3,(H,10,12);1H. The van der Waals surface area contributed by atoms with E-state index in [0.717, 1.165) is 6.42 Å². The van der Waals surface area contributed by atoms with E-state index in [4.69, 9.17) is 5.11 Å². The van der Waals surface area contributed by atoms with Crippen molar-refractivity contribution in [3.63, 3.8) is 0 Å². The molecule has 0 aliphatic rings. The van der Waals surface area contributed by atoms with E-state index >= 15 is 0 Å². The van der Waals surface area contributed by atoms with Gasteiger partial charge in [-0.3, -0.25) is 9.50 Å². The van der Waals surface area contributed by atoms with Crippen LogP contribution in [0.2, 0.25) is 0 Å². The van der Waals surface area contributed by atoms with Crippen LogP contribution in [0.25, 0.3) is 0 Å². The van der Waals surface area contributed by atoms with Gasteiger partial charge in [-0.1, -0.05) is 32.6 Å². The van der Waals surface area contributed by atoms with Crippen molar-refractivity contribution in [2.45, 2.75) is 39.0 Å². The summed E-state index contributed by atoms with van der Waals surface area (Å²) in [4.78, 5) is 10.5. The molecule has 4 heteroatoms. The number of hydrogen-bond acceptors (Lipinski definition) is 2. The van der Waals surface area contributed by atoms with Crippen LogP contribution in [0.5, 0.6) is 0 Å². The van der Waals surface area contributed by atoms with Crippen molar-refractivity contribution < 1.29 is 14.6 Å². The highest BCUT2D eigenvalue weighted by Gasteiger charge is 1.95. The Morgan fingerprint density at radius 3 is 2.38 bits per heavy atom. The maximum atomic E-state index is 10.5. The van der Waals surface area contributed by atoms with Crippen molar-refractivity contribution in [3.05, 3.63) is 0 Å². The number of halogens is 1. The Morgan fingerprint density at radius 1 is 1.23 bits per heavy atom. The van der Waals surface area contributed by atoms with Gasteiger partial charge in [0.1, 0.15) is 6.61 Å². The summed E-state index contributed by atoms with van der Waals surface area (Å²) in [5.41, 5.74) is 0. The lowest BCUT2D eigenvalue weighted by molar-refractivity contribution is -0.123. The molecular weight excluding hydrogens is 173 g/mol. The molecule has 80 valence electrons. The fraction of sp³-hybridized carbons (Fsp3) is 0.889. The highest BCUT2D eigenvalue weighted by molar-refractivity contribution is 5.76. The number of amides is 1. The van der Waals surface area contributed by atoms with Gasteiger partial charge in [-0.15, -0.1) is 0 Å². The summed E-state index contributed by atoms with van der Waals surface area (Å²) in [7, 11) is 0. The zero-order valence-electron chi connectivity index (χ0n) is 8.21. The number of carbonyl (C=O) groups excluding carboxylic acids is 1. The van der Waals surface area contributed by atoms with Crippen LogP contribution in [0.3, 0.4) is 0 Å². The maximum Gasteiger partial charge on any atom is 0.245 e. The van der Waals surface area contributed by atoms with Crippen LogP contribution in [0, 0.1) is 0 Å². The van der Waals surface area contributed by atoms with Crippen LogP contribution in [-0.2, 0) is 4.79 Å². The third kappa shape index (κ3) is 11.4. The summed E-state index contributed by atoms with van der Waals surface area (Å²) in [6.07, 6.45) is 5.94. The van der Waals surface area contributed by atoms with Crippen LogP contribution in [-0.4, -0.2) is 24.2 Å². The smallest absolute Gasteiger partial charge is 0.245 e. The van der Waals surface area contributed by atoms with Gasteiger partial charge < -0.3 is 10.4 Å². The zero-order valence-corrected chi connectivity index (χ0v) is 8.21. The minimum absolute atomic E-state index is 0. The number of rotatable bonds is 7. The molecule has 3 nitrogen and oxygen atoms in total. The van der Waals surface area contributed by atoms with E-state index in [9.17, 15) is 4.79 Å². The van der Waals surface area contributed by atoms with Gasteiger partial charge in [0.2, 0.25) is 5.91 Å². The first-order valence-corrected chi connectivity index (χ1v) is 4.68. The Morgan fingerprint density at radius 2 is 1.85 bits per heavy atom. The summed E-state index contributed by atoms with van der Waals surface area (Å²) in [5, 5.41) is 11.0. The Labute approximate surface area is 78.9 Å². The second-order valence-corrected chi connectivity index (χ2v) is 2.92. The first kappa shape index (κ1) is 14.9. The number of nitrogens with one attached hydrogen (secondary N) is 1. The Hall–Kier alpha value is -0.640. The topological polar surface area (TPSA) is 49.3 Å². The first-order chi connectivity index (χ1) is 5.81. The second kappa shape index (κ2) is 11.4. The average Bonchev–Trinajstić information content (AvgIpc) is 2.10. The van der Waals surface area contributed by atoms with Gasteiger partial charge in [0.15, 0.2) is 0 Å². The van der Waals surface area contributed by atoms with E-state index in [2.05, 4.69) is 12.2 Å². The van der Waals surface area contributed by atoms with E-state index < -0.39 is 6.61 Å². The molecule has 0 aliphatic carbocycles. The molecule has 0 heterocycles. The largest absolute Gasteiger partial charge is 0.387 e. The highest BCUT2D eigenvalue weighted by Crippen LogP contribution is 2.00. The van der Waals surface area contributed by atoms with E-state index in [0.29, 0.717) is 6.54 Å². The second-order valence-electron chi connectivity index (χ2n) is 2.92. The molecular formula is C9H20FNO2. The van der Waals surface area contributed by atoms with Crippen molar-refractivity contribution >= 4 is 5.91 Å². The molecule has 0 rings (SSSR count). The van der Waals surface area contributed by atoms with Crippen LogP contribution < -0.4 is 5.32 Å². The Kier molecular flexibility index (Phi) is 13.0. The van der Waals surface area contributed by atoms with Crippen molar-refractivity contribution in [2.24, 2.45) is 0 Å². The van der Waals surface area contributed by atoms with Crippen LogP contribution in [0.15, 0.2) is 0 Å². The predicted octanol–water partition coefficient (Wildman–Crippen LogP) is 1.22. The molecule has 0 saturated heterocycles. The molecule has 0 fully saturated rings. The number of carbonyl (C=O) groups is 1. The third-order valence-corrected chi connectivity index (χ3v) is 1.75. The summed E-state index contributed by atoms with van der Waals surface area (Å²) in [5.74, 6) is -0.273. The highest BCUT2D eigenvalue weighted by atomic mass is 19.0. The zero-order chi connectivity index (χ0) is 9.23. The Balaban J connectivity index is 0. The molecule has 1 amide bonds. The monoisotopic (exact) mass is 193 g/mol. The minimum atomic E-state index is -0.394. The molecule has 13 heavy (non-hydrogen) atoms. The average molecular weight is 193 g/mol. The molecule has 0 radical (unpaired) electrons. The van der Waals surface area contributed by atoms with Crippen molar-refractivity contribution in [2.75, 3.05) is 13.2 Å². The predicted molar refractivity (Wildman–Crippen MR) is 51.4 cm³/mol. The molecule has 0 spiro atoms. The van der Waals surface area contributed by atoms with Crippen LogP contribution in [0.1, 0.15) is 39.0 Å². The SMILES string of the molecule is CCCCCCCNC(=O)CO.F. The lowest BCUT2D eigenvalue weighted by Gasteiger charge is -2.01. The molecule has 0 atom stereocenters. The summed E-state index contributed by atoms with van der Waals surface area (Å²) in [6.45, 7) is 2.48. The summed E-state index contributed by atoms with van der Waals surface area (Å²) >= 11 is 0. The van der Waals surface area contributed by atoms with E-state index in [-0.39, 0.29) is 10.6 Å². The number of unbranched alkanes of at least 4 members (excludes halogenated alkanes) is 4. The van der Waals surface area contributed by atoms with Crippen molar-refractivity contribution in [3.8, 4) is 0 Å². The molecule has 0 aliphatic heterocycles. The van der Waals surface area contributed by atoms with Crippen LogP contribution >= 0.6 is 0 Å². The Bertz CT molecular complexity index is 120. The van der Waals surface area contributed by atoms with Crippen LogP contribution in [0.4, 0.5) is 4.70 Å². The quantitative estimate of drug-likeness (QED) is 0.597. The minimum Gasteiger partial charge on any atom is -0.387 e. The van der Waals surface area contributed by atoms with Gasteiger partial charge >= 0.3 is 0 Å². The van der Waals surface area contributed by atoms with Gasteiger partial charge in [-0.05, 0) is 6.42 Å². The first-order valence-electron chi connectivity index (χ1n) is 4.68. The molecule has 0 bridgehead atoms. The summed E-state index contributed by atoms with van der Waals surface area (Å²) < 4.78 is 0. The fourth-order valence-corrected chi connectivity index (χ4v) is 1.01. The van der Waals surface area contributed by atoms with E-state index in [1.807, 2.05) is 0 Å². The van der Waals surface area contributed by atoms with Crippen molar-refractivity contribution in [1.29, 1.82) is 0 Å². The molecule has 0 aromatic rings. The van der Waals surface area contributed by atoms with Gasteiger partial charge in [-0.25, -0.2) is 0 Å². The number of hydrogen-bond donors (Lipinski definition) is 2. The third-order valence-electron chi connectivity index (χ3n) is 1.75. The van der Waals surface area contributed by atoms with E-state index in [1.165, 1.54) is 25.7 Å². The molecule has 0 saturated carbocycles. The molecule has 0 unspecified atom stereocenters. The lowest BCUT2D eigenvalue weighted by Crippen LogP contribution is -2.26. The van der Waals surface area contributed by atoms with Gasteiger partial charge in [0.05, 0.1) is 0 Å². The van der Waals surface area contributed by atoms with Gasteiger partial charge in [0.25, 0.3) is 0 Å². The van der Waals surface area contributed by atoms with Gasteiger partial charge in [-0.2, -0.15) is 0 Å². The number of aliphatic hydroxyl groups is 1. The summed E-state index contributed by atoms with van der Waals surface area (Å²) in [6, 6.07) is 0. The molecule has 2 N–H and O–H groups in total. The fourth-order valence-electron chi connectivity index (χ4n) is 1.01. The molecule has 0 aromatic heterocycles. The normalized spacial score (nSPS) is 9.08. The van der Waals surface area contributed by atoms with E-state index in [1.54, 1.807) is 0 Å². The maximum absolute atomic E-state index is 10.5. The number of aliphatic hydroxyl groups excluding tert-OH is 1. The lowest BCUT2D eigenvalue weighted by atomic mass is 10.1. The van der Waals surface area contributed by atoms with Crippen molar-refractivity contribution in [1.82, 2.24) is 5.32 Å². The molecule has 0 aromatic carbocycles. The van der Waals surface area contributed by atoms with Gasteiger partial charge in [0, 0.05) is 6.54 Å².